The molecule has 10 heteroatoms. The van der Waals surface area contributed by atoms with Gasteiger partial charge in [-0.25, -0.2) is 8.42 Å². The molecule has 0 amide bonds. The second-order valence-corrected chi connectivity index (χ2v) is 6.52. The predicted octanol–water partition coefficient (Wildman–Crippen LogP) is 0.412. The molecule has 0 unspecified atom stereocenters. The molecule has 8 nitrogen and oxygen atoms in total. The Labute approximate surface area is 141 Å². The Balaban J connectivity index is 0.00000484. The van der Waals surface area contributed by atoms with Crippen molar-refractivity contribution in [3.63, 3.8) is 0 Å². The largest absolute Gasteiger partial charge is 0.480 e. The molecule has 0 aliphatic carbocycles. The zero-order chi connectivity index (χ0) is 16.8. The maximum absolute atomic E-state index is 12.2. The maximum atomic E-state index is 12.2. The van der Waals surface area contributed by atoms with Gasteiger partial charge < -0.3 is 16.2 Å². The minimum Gasteiger partial charge on any atom is -0.480 e. The van der Waals surface area contributed by atoms with Gasteiger partial charge in [-0.2, -0.15) is 4.72 Å². The summed E-state index contributed by atoms with van der Waals surface area (Å²) in [5.41, 5.74) is 6.01. The normalized spacial score (nSPS) is 12.0. The van der Waals surface area contributed by atoms with Crippen LogP contribution in [0.5, 0.6) is 0 Å². The molecule has 0 radical (unpaired) electrons. The Bertz CT molecular complexity index is 634. The van der Waals surface area contributed by atoms with Gasteiger partial charge in [0.2, 0.25) is 10.0 Å². The van der Waals surface area contributed by atoms with Gasteiger partial charge in [0.15, 0.2) is 5.96 Å². The van der Waals surface area contributed by atoms with Crippen molar-refractivity contribution in [2.45, 2.75) is 30.7 Å². The van der Waals surface area contributed by atoms with E-state index in [1.165, 1.54) is 12.1 Å². The smallest absolute Gasteiger partial charge is 0.321 e. The van der Waals surface area contributed by atoms with Gasteiger partial charge in [-0.15, -0.1) is 12.4 Å². The van der Waals surface area contributed by atoms with Gasteiger partial charge in [-0.05, 0) is 31.9 Å². The number of carbonyl (C=O) groups is 1. The summed E-state index contributed by atoms with van der Waals surface area (Å²) < 4.78 is 26.5. The molecule has 0 aromatic heterocycles. The number of aliphatic carboxylic acids is 1. The molecule has 0 saturated heterocycles. The molecule has 0 aliphatic rings. The minimum atomic E-state index is -3.89. The van der Waals surface area contributed by atoms with E-state index in [0.717, 1.165) is 5.56 Å². The van der Waals surface area contributed by atoms with E-state index in [0.29, 0.717) is 13.0 Å². The first kappa shape index (κ1) is 21.2. The van der Waals surface area contributed by atoms with Crippen LogP contribution in [0.15, 0.2) is 29.2 Å². The van der Waals surface area contributed by atoms with Crippen molar-refractivity contribution in [2.24, 2.45) is 5.73 Å². The van der Waals surface area contributed by atoms with Crippen LogP contribution >= 0.6 is 12.4 Å². The lowest BCUT2D eigenvalue weighted by Gasteiger charge is -2.15. The summed E-state index contributed by atoms with van der Waals surface area (Å²) in [6.45, 7) is 2.12. The number of hydrogen-bond acceptors (Lipinski definition) is 4. The van der Waals surface area contributed by atoms with Gasteiger partial charge >= 0.3 is 5.97 Å². The van der Waals surface area contributed by atoms with Crippen molar-refractivity contribution in [1.82, 2.24) is 10.0 Å². The number of sulfonamides is 1. The number of aryl methyl sites for hydroxylation is 1. The maximum Gasteiger partial charge on any atom is 0.321 e. The Morgan fingerprint density at radius 2 is 1.91 bits per heavy atom. The zero-order valence-corrected chi connectivity index (χ0v) is 14.2. The van der Waals surface area contributed by atoms with Crippen LogP contribution in [0.3, 0.4) is 0 Å². The van der Waals surface area contributed by atoms with E-state index in [1.807, 2.05) is 6.92 Å². The molecule has 0 spiro atoms. The summed E-state index contributed by atoms with van der Waals surface area (Å²) >= 11 is 0. The van der Waals surface area contributed by atoms with Crippen molar-refractivity contribution in [3.05, 3.63) is 29.8 Å². The molecule has 0 fully saturated rings. The van der Waals surface area contributed by atoms with Crippen molar-refractivity contribution in [1.29, 1.82) is 5.41 Å². The molecule has 1 aromatic rings. The van der Waals surface area contributed by atoms with Crippen LogP contribution in [-0.2, 0) is 14.8 Å². The van der Waals surface area contributed by atoms with Crippen LogP contribution in [-0.4, -0.2) is 38.0 Å². The monoisotopic (exact) mass is 364 g/mol. The number of hydrogen-bond donors (Lipinski definition) is 5. The standard InChI is InChI=1S/C13H20N4O4S.ClH/c1-9-4-6-10(7-5-9)22(20,21)17-11(12(18)19)3-2-8-16-13(14)15;/h4-7,11,17H,2-3,8H2,1H3,(H,18,19)(H4,14,15,16);1H/t11-;/m0./s1. The molecule has 1 rings (SSSR count). The van der Waals surface area contributed by atoms with Gasteiger partial charge in [0, 0.05) is 6.54 Å². The summed E-state index contributed by atoms with van der Waals surface area (Å²) in [5, 5.41) is 18.6. The lowest BCUT2D eigenvalue weighted by molar-refractivity contribution is -0.139. The van der Waals surface area contributed by atoms with Crippen molar-refractivity contribution in [2.75, 3.05) is 6.54 Å². The van der Waals surface area contributed by atoms with Gasteiger partial charge in [-0.3, -0.25) is 10.2 Å². The highest BCUT2D eigenvalue weighted by atomic mass is 35.5. The molecule has 1 aromatic carbocycles. The lowest BCUT2D eigenvalue weighted by atomic mass is 10.2. The first-order chi connectivity index (χ1) is 10.2. The Morgan fingerprint density at radius 3 is 2.39 bits per heavy atom. The summed E-state index contributed by atoms with van der Waals surface area (Å²) in [5.74, 6) is -1.47. The molecule has 6 N–H and O–H groups in total. The molecular weight excluding hydrogens is 344 g/mol. The lowest BCUT2D eigenvalue weighted by Crippen LogP contribution is -2.41. The molecule has 0 aliphatic heterocycles. The number of halogens is 1. The number of guanidine groups is 1. The molecule has 130 valence electrons. The first-order valence-electron chi connectivity index (χ1n) is 6.62. The Hall–Kier alpha value is -1.84. The predicted molar refractivity (Wildman–Crippen MR) is 89.3 cm³/mol. The average Bonchev–Trinajstić information content (AvgIpc) is 2.42. The number of nitrogens with two attached hydrogens (primary N) is 1. The molecule has 0 heterocycles. The number of carboxylic acids is 1. The second-order valence-electron chi connectivity index (χ2n) is 4.81. The number of benzene rings is 1. The van der Waals surface area contributed by atoms with Gasteiger partial charge in [0.05, 0.1) is 4.90 Å². The fourth-order valence-electron chi connectivity index (χ4n) is 1.73. The van der Waals surface area contributed by atoms with E-state index < -0.39 is 22.0 Å². The van der Waals surface area contributed by atoms with E-state index in [2.05, 4.69) is 10.0 Å². The van der Waals surface area contributed by atoms with Crippen LogP contribution in [0.25, 0.3) is 0 Å². The second kappa shape index (κ2) is 9.33. The highest BCUT2D eigenvalue weighted by Crippen LogP contribution is 2.11. The fraction of sp³-hybridized carbons (Fsp3) is 0.385. The Kier molecular flexibility index (Phi) is 8.59. The third kappa shape index (κ3) is 7.31. The quantitative estimate of drug-likeness (QED) is 0.256. The fourth-order valence-corrected chi connectivity index (χ4v) is 2.96. The van der Waals surface area contributed by atoms with Crippen LogP contribution in [0.1, 0.15) is 18.4 Å². The summed E-state index contributed by atoms with van der Waals surface area (Å²) in [6, 6.07) is 4.89. The number of rotatable bonds is 8. The summed E-state index contributed by atoms with van der Waals surface area (Å²) in [7, 11) is -3.89. The van der Waals surface area contributed by atoms with Crippen molar-refractivity contribution >= 4 is 34.4 Å². The van der Waals surface area contributed by atoms with E-state index in [1.54, 1.807) is 12.1 Å². The first-order valence-corrected chi connectivity index (χ1v) is 8.10. The van der Waals surface area contributed by atoms with Gasteiger partial charge in [-0.1, -0.05) is 17.7 Å². The highest BCUT2D eigenvalue weighted by Gasteiger charge is 2.24. The SMILES string of the molecule is Cc1ccc(S(=O)(=O)N[C@@H](CCCNC(=N)N)C(=O)O)cc1.Cl. The third-order valence-corrected chi connectivity index (χ3v) is 4.40. The van der Waals surface area contributed by atoms with E-state index >= 15 is 0 Å². The molecular formula is C13H21ClN4O4S. The molecule has 0 saturated carbocycles. The van der Waals surface area contributed by atoms with Crippen LogP contribution in [0.4, 0.5) is 0 Å². The molecule has 23 heavy (non-hydrogen) atoms. The van der Waals surface area contributed by atoms with Gasteiger partial charge in [0.1, 0.15) is 6.04 Å². The van der Waals surface area contributed by atoms with E-state index in [9.17, 15) is 13.2 Å². The summed E-state index contributed by atoms with van der Waals surface area (Å²) in [6.07, 6.45) is 0.438. The Morgan fingerprint density at radius 1 is 1.35 bits per heavy atom. The number of carboxylic acid groups (broad SMARTS) is 1. The van der Waals surface area contributed by atoms with Crippen LogP contribution in [0, 0.1) is 12.3 Å². The van der Waals surface area contributed by atoms with Crippen LogP contribution < -0.4 is 15.8 Å². The van der Waals surface area contributed by atoms with Crippen LogP contribution in [0.2, 0.25) is 0 Å². The topological polar surface area (TPSA) is 145 Å². The van der Waals surface area contributed by atoms with Crippen molar-refractivity contribution in [3.8, 4) is 0 Å². The zero-order valence-electron chi connectivity index (χ0n) is 12.6. The highest BCUT2D eigenvalue weighted by molar-refractivity contribution is 7.89. The van der Waals surface area contributed by atoms with E-state index in [4.69, 9.17) is 16.2 Å². The molecule has 0 bridgehead atoms. The van der Waals surface area contributed by atoms with Crippen molar-refractivity contribution < 1.29 is 18.3 Å². The van der Waals surface area contributed by atoms with Gasteiger partial charge in [0.25, 0.3) is 0 Å². The number of nitrogens with one attached hydrogen (secondary N) is 3. The summed E-state index contributed by atoms with van der Waals surface area (Å²) in [4.78, 5) is 11.2. The minimum absolute atomic E-state index is 0. The molecule has 1 atom stereocenters. The average molecular weight is 365 g/mol. The third-order valence-electron chi connectivity index (χ3n) is 2.91. The van der Waals surface area contributed by atoms with E-state index in [-0.39, 0.29) is 29.7 Å².